The summed E-state index contributed by atoms with van der Waals surface area (Å²) >= 11 is 0. The number of hydrogen-bond donors (Lipinski definition) is 1. The van der Waals surface area contributed by atoms with E-state index in [2.05, 4.69) is 11.4 Å². The number of ether oxygens (including phenoxy) is 2. The van der Waals surface area contributed by atoms with Crippen molar-refractivity contribution in [2.45, 2.75) is 20.4 Å². The molecule has 0 saturated carbocycles. The van der Waals surface area contributed by atoms with Gasteiger partial charge in [-0.25, -0.2) is 0 Å². The summed E-state index contributed by atoms with van der Waals surface area (Å²) in [5.41, 5.74) is 2.31. The summed E-state index contributed by atoms with van der Waals surface area (Å²) in [7, 11) is 0. The summed E-state index contributed by atoms with van der Waals surface area (Å²) < 4.78 is 16.5. The van der Waals surface area contributed by atoms with Crippen molar-refractivity contribution in [3.05, 3.63) is 77.7 Å². The highest BCUT2D eigenvalue weighted by atomic mass is 16.5. The molecule has 1 heterocycles. The molecule has 0 aliphatic heterocycles. The van der Waals surface area contributed by atoms with Crippen molar-refractivity contribution in [2.24, 2.45) is 0 Å². The van der Waals surface area contributed by atoms with Gasteiger partial charge in [-0.3, -0.25) is 4.79 Å². The molecule has 0 radical (unpaired) electrons. The fourth-order valence-corrected chi connectivity index (χ4v) is 2.53. The zero-order valence-corrected chi connectivity index (χ0v) is 14.8. The number of benzene rings is 2. The maximum absolute atomic E-state index is 11.8. The van der Waals surface area contributed by atoms with Crippen molar-refractivity contribution in [3.8, 4) is 17.2 Å². The van der Waals surface area contributed by atoms with Crippen molar-refractivity contribution in [1.82, 2.24) is 5.32 Å². The minimum absolute atomic E-state index is 0.0576. The average Bonchev–Trinajstić information content (AvgIpc) is 3.12. The van der Waals surface area contributed by atoms with Gasteiger partial charge in [-0.05, 0) is 73.5 Å². The Bertz CT molecular complexity index is 834. The van der Waals surface area contributed by atoms with E-state index in [1.807, 2.05) is 38.1 Å². The number of amides is 1. The van der Waals surface area contributed by atoms with Crippen LogP contribution in [-0.4, -0.2) is 12.5 Å². The molecule has 0 atom stereocenters. The predicted octanol–water partition coefficient (Wildman–Crippen LogP) is 4.38. The SMILES string of the molecule is Cc1cc(C)cc(Oc2ccc(OCC(=O)NCc3ccco3)cc2)c1. The van der Waals surface area contributed by atoms with E-state index in [1.165, 1.54) is 0 Å². The van der Waals surface area contributed by atoms with Crippen molar-refractivity contribution < 1.29 is 18.7 Å². The summed E-state index contributed by atoms with van der Waals surface area (Å²) in [5.74, 6) is 2.60. The molecule has 26 heavy (non-hydrogen) atoms. The molecule has 0 bridgehead atoms. The van der Waals surface area contributed by atoms with E-state index in [9.17, 15) is 4.79 Å². The molecule has 5 nitrogen and oxygen atoms in total. The smallest absolute Gasteiger partial charge is 0.258 e. The number of aryl methyl sites for hydroxylation is 2. The van der Waals surface area contributed by atoms with Crippen LogP contribution in [0.2, 0.25) is 0 Å². The van der Waals surface area contributed by atoms with E-state index < -0.39 is 0 Å². The second-order valence-corrected chi connectivity index (χ2v) is 6.04. The Morgan fingerprint density at radius 1 is 0.962 bits per heavy atom. The van der Waals surface area contributed by atoms with Gasteiger partial charge in [0.15, 0.2) is 6.61 Å². The van der Waals surface area contributed by atoms with E-state index in [1.54, 1.807) is 30.5 Å². The van der Waals surface area contributed by atoms with E-state index in [-0.39, 0.29) is 12.5 Å². The number of furan rings is 1. The second-order valence-electron chi connectivity index (χ2n) is 6.04. The maximum atomic E-state index is 11.8. The van der Waals surface area contributed by atoms with Gasteiger partial charge in [0.05, 0.1) is 12.8 Å². The first-order valence-corrected chi connectivity index (χ1v) is 8.36. The molecule has 1 aromatic heterocycles. The van der Waals surface area contributed by atoms with Crippen LogP contribution < -0.4 is 14.8 Å². The minimum Gasteiger partial charge on any atom is -0.484 e. The largest absolute Gasteiger partial charge is 0.484 e. The highest BCUT2D eigenvalue weighted by molar-refractivity contribution is 5.77. The lowest BCUT2D eigenvalue weighted by atomic mass is 10.1. The molecule has 1 amide bonds. The molecule has 3 aromatic rings. The van der Waals surface area contributed by atoms with Crippen LogP contribution in [0.4, 0.5) is 0 Å². The molecular formula is C21H21NO4. The van der Waals surface area contributed by atoms with Gasteiger partial charge in [-0.1, -0.05) is 6.07 Å². The Morgan fingerprint density at radius 2 is 1.65 bits per heavy atom. The minimum atomic E-state index is -0.211. The molecule has 0 aliphatic rings. The molecule has 0 saturated heterocycles. The molecule has 1 N–H and O–H groups in total. The normalized spacial score (nSPS) is 10.4. The van der Waals surface area contributed by atoms with Crippen LogP contribution in [0.3, 0.4) is 0 Å². The summed E-state index contributed by atoms with van der Waals surface area (Å²) in [5, 5.41) is 2.73. The Balaban J connectivity index is 1.48. The lowest BCUT2D eigenvalue weighted by Crippen LogP contribution is -2.28. The fourth-order valence-electron chi connectivity index (χ4n) is 2.53. The third kappa shape index (κ3) is 5.14. The van der Waals surface area contributed by atoms with E-state index >= 15 is 0 Å². The van der Waals surface area contributed by atoms with E-state index in [0.717, 1.165) is 16.9 Å². The summed E-state index contributed by atoms with van der Waals surface area (Å²) in [6.07, 6.45) is 1.57. The van der Waals surface area contributed by atoms with Gasteiger partial charge in [0.2, 0.25) is 0 Å². The Labute approximate surface area is 152 Å². The van der Waals surface area contributed by atoms with Crippen LogP contribution in [0, 0.1) is 13.8 Å². The van der Waals surface area contributed by atoms with Crippen LogP contribution in [0.5, 0.6) is 17.2 Å². The van der Waals surface area contributed by atoms with Gasteiger partial charge in [-0.2, -0.15) is 0 Å². The zero-order valence-electron chi connectivity index (χ0n) is 14.8. The van der Waals surface area contributed by atoms with E-state index in [4.69, 9.17) is 13.9 Å². The second kappa shape index (κ2) is 8.25. The van der Waals surface area contributed by atoms with Gasteiger partial charge in [0.1, 0.15) is 23.0 Å². The van der Waals surface area contributed by atoms with Gasteiger partial charge < -0.3 is 19.2 Å². The van der Waals surface area contributed by atoms with Crippen LogP contribution in [0.1, 0.15) is 16.9 Å². The van der Waals surface area contributed by atoms with Crippen molar-refractivity contribution in [3.63, 3.8) is 0 Å². The summed E-state index contributed by atoms with van der Waals surface area (Å²) in [6.45, 7) is 4.36. The summed E-state index contributed by atoms with van der Waals surface area (Å²) in [4.78, 5) is 11.8. The number of rotatable bonds is 7. The number of nitrogens with one attached hydrogen (secondary N) is 1. The Kier molecular flexibility index (Phi) is 5.59. The molecule has 0 fully saturated rings. The molecule has 0 unspecified atom stereocenters. The summed E-state index contributed by atoms with van der Waals surface area (Å²) in [6, 6.07) is 16.8. The average molecular weight is 351 g/mol. The van der Waals surface area contributed by atoms with Crippen LogP contribution in [0.15, 0.2) is 65.3 Å². The number of hydrogen-bond acceptors (Lipinski definition) is 4. The number of carbonyl (C=O) groups excluding carboxylic acids is 1. The van der Waals surface area contributed by atoms with Crippen molar-refractivity contribution in [1.29, 1.82) is 0 Å². The topological polar surface area (TPSA) is 60.7 Å². The van der Waals surface area contributed by atoms with Gasteiger partial charge in [-0.15, -0.1) is 0 Å². The third-order valence-corrected chi connectivity index (χ3v) is 3.66. The maximum Gasteiger partial charge on any atom is 0.258 e. The third-order valence-electron chi connectivity index (χ3n) is 3.66. The lowest BCUT2D eigenvalue weighted by molar-refractivity contribution is -0.123. The molecular weight excluding hydrogens is 330 g/mol. The van der Waals surface area contributed by atoms with Crippen LogP contribution in [0.25, 0.3) is 0 Å². The molecule has 0 aliphatic carbocycles. The van der Waals surface area contributed by atoms with Crippen LogP contribution >= 0.6 is 0 Å². The monoisotopic (exact) mass is 351 g/mol. The first-order valence-electron chi connectivity index (χ1n) is 8.36. The Hall–Kier alpha value is -3.21. The highest BCUT2D eigenvalue weighted by Crippen LogP contribution is 2.25. The molecule has 134 valence electrons. The first-order chi connectivity index (χ1) is 12.6. The fraction of sp³-hybridized carbons (Fsp3) is 0.190. The quantitative estimate of drug-likeness (QED) is 0.686. The van der Waals surface area contributed by atoms with Gasteiger partial charge in [0, 0.05) is 0 Å². The van der Waals surface area contributed by atoms with E-state index in [0.29, 0.717) is 23.8 Å². The lowest BCUT2D eigenvalue weighted by Gasteiger charge is -2.10. The first kappa shape index (κ1) is 17.6. The molecule has 3 rings (SSSR count). The zero-order chi connectivity index (χ0) is 18.4. The molecule has 0 spiro atoms. The number of carbonyl (C=O) groups is 1. The molecule has 5 heteroatoms. The van der Waals surface area contributed by atoms with Crippen LogP contribution in [-0.2, 0) is 11.3 Å². The Morgan fingerprint density at radius 3 is 2.31 bits per heavy atom. The van der Waals surface area contributed by atoms with Gasteiger partial charge in [0.25, 0.3) is 5.91 Å². The highest BCUT2D eigenvalue weighted by Gasteiger charge is 2.05. The molecule has 2 aromatic carbocycles. The van der Waals surface area contributed by atoms with Gasteiger partial charge >= 0.3 is 0 Å². The van der Waals surface area contributed by atoms with Crippen molar-refractivity contribution >= 4 is 5.91 Å². The predicted molar refractivity (Wildman–Crippen MR) is 98.5 cm³/mol. The van der Waals surface area contributed by atoms with Crippen molar-refractivity contribution in [2.75, 3.05) is 6.61 Å². The standard InChI is InChI=1S/C21H21NO4/c1-15-10-16(2)12-20(11-15)26-18-7-5-17(6-8-18)25-14-21(23)22-13-19-4-3-9-24-19/h3-12H,13-14H2,1-2H3,(H,22,23).